The average Bonchev–Trinajstić information content (AvgIpc) is 3.49. The highest BCUT2D eigenvalue weighted by atomic mass is 32.2. The number of anilines is 1. The molecule has 0 unspecified atom stereocenters. The van der Waals surface area contributed by atoms with E-state index in [0.29, 0.717) is 32.9 Å². The third-order valence-electron chi connectivity index (χ3n) is 5.78. The summed E-state index contributed by atoms with van der Waals surface area (Å²) < 4.78 is 17.9. The molecule has 38 heavy (non-hydrogen) atoms. The van der Waals surface area contributed by atoms with Gasteiger partial charge in [-0.25, -0.2) is 4.79 Å². The minimum atomic E-state index is -0.526. The van der Waals surface area contributed by atoms with Gasteiger partial charge in [0.15, 0.2) is 11.0 Å². The van der Waals surface area contributed by atoms with Gasteiger partial charge in [0.1, 0.15) is 28.7 Å². The summed E-state index contributed by atoms with van der Waals surface area (Å²) in [7, 11) is 4.73. The SMILES string of the molecule is COC(=O)c1c(-c2ccc(OC)cc2)csc1NC(=O)CSc1nnc(COc2ccc(C)cc2C)n1C. The molecule has 1 N–H and O–H groups in total. The second kappa shape index (κ2) is 12.1. The monoisotopic (exact) mass is 552 g/mol. The Balaban J connectivity index is 1.40. The lowest BCUT2D eigenvalue weighted by molar-refractivity contribution is -0.113. The second-order valence-corrected chi connectivity index (χ2v) is 10.2. The van der Waals surface area contributed by atoms with Gasteiger partial charge < -0.3 is 24.1 Å². The number of thioether (sulfide) groups is 1. The number of nitrogens with one attached hydrogen (secondary N) is 1. The van der Waals surface area contributed by atoms with E-state index in [1.54, 1.807) is 11.7 Å². The topological polar surface area (TPSA) is 105 Å². The number of esters is 1. The number of carbonyl (C=O) groups is 2. The Morgan fingerprint density at radius 2 is 1.84 bits per heavy atom. The largest absolute Gasteiger partial charge is 0.497 e. The Hall–Kier alpha value is -3.83. The van der Waals surface area contributed by atoms with Gasteiger partial charge in [-0.15, -0.1) is 21.5 Å². The molecule has 2 aromatic heterocycles. The van der Waals surface area contributed by atoms with Gasteiger partial charge in [0.25, 0.3) is 0 Å². The molecule has 11 heteroatoms. The highest BCUT2D eigenvalue weighted by molar-refractivity contribution is 7.99. The number of amides is 1. The molecule has 0 radical (unpaired) electrons. The molecule has 0 fully saturated rings. The average molecular weight is 553 g/mol. The zero-order valence-corrected chi connectivity index (χ0v) is 23.4. The molecule has 4 rings (SSSR count). The van der Waals surface area contributed by atoms with Crippen LogP contribution in [-0.4, -0.2) is 46.6 Å². The second-order valence-electron chi connectivity index (χ2n) is 8.43. The predicted octanol–water partition coefficient (Wildman–Crippen LogP) is 5.27. The molecule has 0 spiro atoms. The number of aryl methyl sites for hydroxylation is 2. The minimum Gasteiger partial charge on any atom is -0.497 e. The van der Waals surface area contributed by atoms with Crippen molar-refractivity contribution in [3.63, 3.8) is 0 Å². The maximum absolute atomic E-state index is 12.8. The molecule has 0 saturated heterocycles. The number of ether oxygens (including phenoxy) is 3. The Morgan fingerprint density at radius 3 is 2.53 bits per heavy atom. The van der Waals surface area contributed by atoms with Gasteiger partial charge in [0.05, 0.1) is 20.0 Å². The number of hydrogen-bond acceptors (Lipinski definition) is 9. The van der Waals surface area contributed by atoms with Crippen LogP contribution in [0.4, 0.5) is 5.00 Å². The van der Waals surface area contributed by atoms with Crippen LogP contribution in [0, 0.1) is 13.8 Å². The van der Waals surface area contributed by atoms with E-state index < -0.39 is 5.97 Å². The van der Waals surface area contributed by atoms with E-state index in [9.17, 15) is 9.59 Å². The van der Waals surface area contributed by atoms with Crippen LogP contribution in [-0.2, 0) is 23.2 Å². The number of hydrogen-bond donors (Lipinski definition) is 1. The lowest BCUT2D eigenvalue weighted by Gasteiger charge is -2.10. The van der Waals surface area contributed by atoms with Crippen molar-refractivity contribution in [2.75, 3.05) is 25.3 Å². The van der Waals surface area contributed by atoms with Crippen molar-refractivity contribution < 1.29 is 23.8 Å². The first-order valence-corrected chi connectivity index (χ1v) is 13.5. The molecule has 4 aromatic rings. The molecule has 2 aromatic carbocycles. The first-order chi connectivity index (χ1) is 18.3. The summed E-state index contributed by atoms with van der Waals surface area (Å²) in [6, 6.07) is 13.3. The van der Waals surface area contributed by atoms with E-state index in [4.69, 9.17) is 14.2 Å². The van der Waals surface area contributed by atoms with Crippen LogP contribution in [0.3, 0.4) is 0 Å². The van der Waals surface area contributed by atoms with Crippen molar-refractivity contribution in [1.29, 1.82) is 0 Å². The summed E-state index contributed by atoms with van der Waals surface area (Å²) in [6.45, 7) is 4.29. The quantitative estimate of drug-likeness (QED) is 0.210. The maximum Gasteiger partial charge on any atom is 0.341 e. The lowest BCUT2D eigenvalue weighted by Crippen LogP contribution is -2.16. The van der Waals surface area contributed by atoms with E-state index >= 15 is 0 Å². The number of rotatable bonds is 10. The standard InChI is InChI=1S/C27H28N4O5S2/c1-16-6-11-21(17(2)12-16)36-13-22-29-30-27(31(22)3)38-15-23(32)28-25-24(26(33)35-5)20(14-37-25)18-7-9-19(34-4)10-8-18/h6-12,14H,13,15H2,1-5H3,(H,28,32). The van der Waals surface area contributed by atoms with Crippen LogP contribution in [0.25, 0.3) is 11.1 Å². The van der Waals surface area contributed by atoms with Crippen LogP contribution in [0.1, 0.15) is 27.3 Å². The normalized spacial score (nSPS) is 10.8. The fraction of sp³-hybridized carbons (Fsp3) is 0.259. The van der Waals surface area contributed by atoms with Crippen molar-refractivity contribution in [3.05, 3.63) is 70.4 Å². The van der Waals surface area contributed by atoms with Crippen LogP contribution in [0.5, 0.6) is 11.5 Å². The number of nitrogens with zero attached hydrogens (tertiary/aromatic N) is 3. The highest BCUT2D eigenvalue weighted by Gasteiger charge is 2.23. The van der Waals surface area contributed by atoms with Gasteiger partial charge in [0.2, 0.25) is 5.91 Å². The van der Waals surface area contributed by atoms with Gasteiger partial charge >= 0.3 is 5.97 Å². The third-order valence-corrected chi connectivity index (χ3v) is 7.69. The zero-order chi connectivity index (χ0) is 27.2. The smallest absolute Gasteiger partial charge is 0.341 e. The molecule has 0 aliphatic heterocycles. The molecule has 9 nitrogen and oxygen atoms in total. The van der Waals surface area contributed by atoms with Gasteiger partial charge in [-0.05, 0) is 43.2 Å². The van der Waals surface area contributed by atoms with Crippen molar-refractivity contribution >= 4 is 40.0 Å². The van der Waals surface area contributed by atoms with Gasteiger partial charge in [-0.1, -0.05) is 41.6 Å². The first-order valence-electron chi connectivity index (χ1n) is 11.7. The molecule has 198 valence electrons. The Bertz CT molecular complexity index is 1450. The molecular weight excluding hydrogens is 524 g/mol. The van der Waals surface area contributed by atoms with Crippen molar-refractivity contribution in [2.24, 2.45) is 7.05 Å². The fourth-order valence-corrected chi connectivity index (χ4v) is 5.43. The van der Waals surface area contributed by atoms with Crippen LogP contribution < -0.4 is 14.8 Å². The summed E-state index contributed by atoms with van der Waals surface area (Å²) in [5.41, 5.74) is 4.02. The first kappa shape index (κ1) is 27.2. The molecular formula is C27H28N4O5S2. The predicted molar refractivity (Wildman–Crippen MR) is 148 cm³/mol. The maximum atomic E-state index is 12.8. The summed E-state index contributed by atoms with van der Waals surface area (Å²) in [6.07, 6.45) is 0. The van der Waals surface area contributed by atoms with Gasteiger partial charge in [0, 0.05) is 18.0 Å². The molecule has 0 aliphatic rings. The third kappa shape index (κ3) is 6.17. The van der Waals surface area contributed by atoms with E-state index in [-0.39, 0.29) is 18.3 Å². The van der Waals surface area contributed by atoms with E-state index in [2.05, 4.69) is 21.6 Å². The Labute approximate surface area is 229 Å². The van der Waals surface area contributed by atoms with Crippen LogP contribution >= 0.6 is 23.1 Å². The van der Waals surface area contributed by atoms with Gasteiger partial charge in [-0.3, -0.25) is 4.79 Å². The molecule has 0 atom stereocenters. The summed E-state index contributed by atoms with van der Waals surface area (Å²) in [5.74, 6) is 1.42. The Morgan fingerprint density at radius 1 is 1.08 bits per heavy atom. The van der Waals surface area contributed by atoms with Crippen molar-refractivity contribution in [2.45, 2.75) is 25.6 Å². The summed E-state index contributed by atoms with van der Waals surface area (Å²) >= 11 is 2.51. The highest BCUT2D eigenvalue weighted by Crippen LogP contribution is 2.37. The van der Waals surface area contributed by atoms with Crippen molar-refractivity contribution in [1.82, 2.24) is 14.8 Å². The zero-order valence-electron chi connectivity index (χ0n) is 21.7. The van der Waals surface area contributed by atoms with E-state index in [0.717, 1.165) is 16.9 Å². The van der Waals surface area contributed by atoms with E-state index in [1.807, 2.05) is 62.7 Å². The number of thiophene rings is 1. The van der Waals surface area contributed by atoms with E-state index in [1.165, 1.54) is 35.8 Å². The number of methoxy groups -OCH3 is 2. The number of benzene rings is 2. The summed E-state index contributed by atoms with van der Waals surface area (Å²) in [5, 5.41) is 14.1. The van der Waals surface area contributed by atoms with Gasteiger partial charge in [-0.2, -0.15) is 0 Å². The van der Waals surface area contributed by atoms with Crippen LogP contribution in [0.15, 0.2) is 53.0 Å². The molecule has 1 amide bonds. The van der Waals surface area contributed by atoms with Crippen LogP contribution in [0.2, 0.25) is 0 Å². The summed E-state index contributed by atoms with van der Waals surface area (Å²) in [4.78, 5) is 25.4. The lowest BCUT2D eigenvalue weighted by atomic mass is 10.0. The molecule has 0 aliphatic carbocycles. The Kier molecular flexibility index (Phi) is 8.70. The molecule has 0 bridgehead atoms. The van der Waals surface area contributed by atoms with Crippen molar-refractivity contribution in [3.8, 4) is 22.6 Å². The number of aromatic nitrogens is 3. The minimum absolute atomic E-state index is 0.0836. The number of carbonyl (C=O) groups excluding carboxylic acids is 2. The molecule has 0 saturated carbocycles. The molecule has 2 heterocycles. The fourth-order valence-electron chi connectivity index (χ4n) is 3.73.